The molecule has 9 nitrogen and oxygen atoms in total. The highest BCUT2D eigenvalue weighted by atomic mass is 16.5. The van der Waals surface area contributed by atoms with Crippen molar-refractivity contribution in [3.8, 4) is 11.5 Å². The number of carbonyl (C=O) groups is 4. The van der Waals surface area contributed by atoms with Crippen LogP contribution >= 0.6 is 0 Å². The summed E-state index contributed by atoms with van der Waals surface area (Å²) in [5, 5.41) is 32.7. The van der Waals surface area contributed by atoms with Crippen molar-refractivity contribution >= 4 is 23.8 Å². The van der Waals surface area contributed by atoms with Crippen molar-refractivity contribution in [1.29, 1.82) is 0 Å². The highest BCUT2D eigenvalue weighted by molar-refractivity contribution is 5.96. The number of hydrogen-bond donors (Lipinski definition) is 4. The van der Waals surface area contributed by atoms with E-state index >= 15 is 0 Å². The molecule has 0 spiro atoms. The van der Waals surface area contributed by atoms with Crippen molar-refractivity contribution in [2.45, 2.75) is 112 Å². The van der Waals surface area contributed by atoms with Crippen LogP contribution in [0.2, 0.25) is 0 Å². The average molecular weight is 574 g/mol. The molecule has 1 aromatic carbocycles. The lowest BCUT2D eigenvalue weighted by molar-refractivity contribution is -0.141. The Bertz CT molecular complexity index is 1160. The number of phenols is 1. The van der Waals surface area contributed by atoms with Crippen LogP contribution in [-0.4, -0.2) is 45.2 Å². The van der Waals surface area contributed by atoms with E-state index < -0.39 is 42.2 Å². The van der Waals surface area contributed by atoms with Crippen LogP contribution in [0.5, 0.6) is 11.5 Å². The van der Waals surface area contributed by atoms with Gasteiger partial charge in [0.25, 0.3) is 0 Å². The fourth-order valence-electron chi connectivity index (χ4n) is 4.35. The number of esters is 1. The molecule has 0 aliphatic rings. The summed E-state index contributed by atoms with van der Waals surface area (Å²) in [6.45, 7) is 13.3. The molecule has 1 amide bonds. The van der Waals surface area contributed by atoms with E-state index in [9.17, 15) is 29.4 Å². The summed E-state index contributed by atoms with van der Waals surface area (Å²) in [4.78, 5) is 49.2. The number of aryl methyl sites for hydroxylation is 1. The van der Waals surface area contributed by atoms with Crippen molar-refractivity contribution < 1.29 is 39.2 Å². The zero-order chi connectivity index (χ0) is 31.3. The average Bonchev–Trinajstić information content (AvgIpc) is 2.87. The van der Waals surface area contributed by atoms with Crippen LogP contribution in [0.3, 0.4) is 0 Å². The van der Waals surface area contributed by atoms with Crippen LogP contribution in [0.15, 0.2) is 28.9 Å². The Kier molecular flexibility index (Phi) is 14.9. The number of aromatic hydroxyl groups is 1. The fourth-order valence-corrected chi connectivity index (χ4v) is 4.35. The third kappa shape index (κ3) is 11.8. The molecule has 1 rings (SSSR count). The van der Waals surface area contributed by atoms with Gasteiger partial charge in [-0.3, -0.25) is 9.59 Å². The molecule has 0 aromatic heterocycles. The van der Waals surface area contributed by atoms with E-state index in [0.717, 1.165) is 36.8 Å². The number of amides is 1. The Morgan fingerprint density at radius 2 is 1.63 bits per heavy atom. The summed E-state index contributed by atoms with van der Waals surface area (Å²) in [5.41, 5.74) is 3.57. The number of hydrogen-bond acceptors (Lipinski definition) is 6. The molecule has 0 radical (unpaired) electrons. The maximum absolute atomic E-state index is 13.4. The van der Waals surface area contributed by atoms with Gasteiger partial charge in [0.1, 0.15) is 17.4 Å². The van der Waals surface area contributed by atoms with Gasteiger partial charge in [-0.25, -0.2) is 9.59 Å². The Balaban J connectivity index is 3.60. The van der Waals surface area contributed by atoms with E-state index in [1.807, 2.05) is 34.6 Å². The minimum atomic E-state index is -1.28. The lowest BCUT2D eigenvalue weighted by Crippen LogP contribution is -2.46. The molecule has 1 unspecified atom stereocenters. The monoisotopic (exact) mass is 573 g/mol. The number of carboxylic acid groups (broad SMARTS) is 2. The molecule has 4 N–H and O–H groups in total. The van der Waals surface area contributed by atoms with Crippen molar-refractivity contribution in [2.75, 3.05) is 0 Å². The van der Waals surface area contributed by atoms with E-state index in [1.165, 1.54) is 11.6 Å². The first-order chi connectivity index (χ1) is 19.2. The molecule has 41 heavy (non-hydrogen) atoms. The second-order valence-corrected chi connectivity index (χ2v) is 11.2. The number of aromatic carboxylic acids is 1. The number of aliphatic carboxylic acids is 1. The van der Waals surface area contributed by atoms with E-state index in [-0.39, 0.29) is 35.5 Å². The van der Waals surface area contributed by atoms with E-state index in [0.29, 0.717) is 18.4 Å². The number of carboxylic acids is 2. The maximum Gasteiger partial charge on any atom is 0.339 e. The van der Waals surface area contributed by atoms with Gasteiger partial charge in [-0.05, 0) is 70.9 Å². The zero-order valence-corrected chi connectivity index (χ0v) is 25.6. The molecule has 0 bridgehead atoms. The number of allylic oxidation sites excluding steroid dienone is 4. The molecule has 0 aliphatic carbocycles. The van der Waals surface area contributed by atoms with Crippen molar-refractivity contribution in [2.24, 2.45) is 5.92 Å². The lowest BCUT2D eigenvalue weighted by Gasteiger charge is -2.23. The number of ether oxygens (including phenoxy) is 1. The largest absolute Gasteiger partial charge is 0.508 e. The van der Waals surface area contributed by atoms with Crippen LogP contribution in [-0.2, 0) is 27.2 Å². The number of nitrogens with one attached hydrogen (secondary N) is 1. The highest BCUT2D eigenvalue weighted by Gasteiger charge is 2.31. The minimum absolute atomic E-state index is 0.160. The first kappa shape index (κ1) is 35.4. The Morgan fingerprint density at radius 3 is 2.17 bits per heavy atom. The van der Waals surface area contributed by atoms with Gasteiger partial charge < -0.3 is 25.4 Å². The number of unbranched alkanes of at least 4 members (excludes halogenated alkanes) is 2. The van der Waals surface area contributed by atoms with Crippen molar-refractivity contribution in [3.05, 3.63) is 45.6 Å². The third-order valence-electron chi connectivity index (χ3n) is 6.95. The second-order valence-electron chi connectivity index (χ2n) is 11.2. The maximum atomic E-state index is 13.4. The molecule has 0 heterocycles. The second kappa shape index (κ2) is 17.3. The van der Waals surface area contributed by atoms with Gasteiger partial charge >= 0.3 is 17.9 Å². The van der Waals surface area contributed by atoms with E-state index in [4.69, 9.17) is 9.84 Å². The molecule has 0 saturated carbocycles. The first-order valence-corrected chi connectivity index (χ1v) is 14.3. The smallest absolute Gasteiger partial charge is 0.339 e. The summed E-state index contributed by atoms with van der Waals surface area (Å²) in [5.74, 6) is -4.77. The van der Waals surface area contributed by atoms with Gasteiger partial charge in [0, 0.05) is 18.4 Å². The van der Waals surface area contributed by atoms with Crippen molar-refractivity contribution in [1.82, 2.24) is 5.32 Å². The molecular formula is C32H47NO8. The van der Waals surface area contributed by atoms with Crippen LogP contribution < -0.4 is 10.1 Å². The number of carbonyl (C=O) groups excluding carboxylic acids is 2. The summed E-state index contributed by atoms with van der Waals surface area (Å²) in [7, 11) is 0. The topological polar surface area (TPSA) is 150 Å². The minimum Gasteiger partial charge on any atom is -0.508 e. The number of rotatable bonds is 17. The predicted octanol–water partition coefficient (Wildman–Crippen LogP) is 6.36. The normalized spacial score (nSPS) is 12.4. The number of phenolic OH excluding ortho intramolecular Hbond substituents is 1. The lowest BCUT2D eigenvalue weighted by atomic mass is 9.92. The van der Waals surface area contributed by atoms with Gasteiger partial charge in [0.05, 0.1) is 6.42 Å². The highest BCUT2D eigenvalue weighted by Crippen LogP contribution is 2.38. The van der Waals surface area contributed by atoms with Gasteiger partial charge in [0.15, 0.2) is 5.75 Å². The molecule has 1 atom stereocenters. The molecule has 0 aliphatic heterocycles. The molecule has 0 saturated heterocycles. The molecule has 228 valence electrons. The SMILES string of the molecule is CCCCCc1cc(O)c(C/C(C)=C(\C)CCC=C(C)C)c(OC(=O)C(NC(=O)CCC(=O)O)C(C)C)c1C(=O)O. The van der Waals surface area contributed by atoms with Crippen molar-refractivity contribution in [3.63, 3.8) is 0 Å². The molecule has 0 fully saturated rings. The summed E-state index contributed by atoms with van der Waals surface area (Å²) in [6.07, 6.45) is 6.06. The van der Waals surface area contributed by atoms with Crippen LogP contribution in [0.4, 0.5) is 0 Å². The van der Waals surface area contributed by atoms with Gasteiger partial charge in [-0.15, -0.1) is 0 Å². The standard InChI is InChI=1S/C32H47NO8/c1-8-9-10-14-23-18-25(34)24(17-22(7)21(6)13-11-12-19(2)3)30(28(23)31(38)39)41-32(40)29(20(4)5)33-26(35)15-16-27(36)37/h12,18,20,29,34H,8-11,13-17H2,1-7H3,(H,33,35)(H,36,37)(H,38,39)/b22-21+. The van der Waals surface area contributed by atoms with Gasteiger partial charge in [0.2, 0.25) is 5.91 Å². The Morgan fingerprint density at radius 1 is 0.976 bits per heavy atom. The summed E-state index contributed by atoms with van der Waals surface area (Å²) in [6, 6.07) is 0.296. The third-order valence-corrected chi connectivity index (χ3v) is 6.95. The van der Waals surface area contributed by atoms with Crippen LogP contribution in [0.1, 0.15) is 115 Å². The number of benzene rings is 1. The summed E-state index contributed by atoms with van der Waals surface area (Å²) >= 11 is 0. The van der Waals surface area contributed by atoms with Gasteiger partial charge in [-0.2, -0.15) is 0 Å². The van der Waals surface area contributed by atoms with E-state index in [1.54, 1.807) is 13.8 Å². The van der Waals surface area contributed by atoms with Gasteiger partial charge in [-0.1, -0.05) is 56.4 Å². The van der Waals surface area contributed by atoms with Crippen LogP contribution in [0, 0.1) is 5.92 Å². The molecular weight excluding hydrogens is 526 g/mol. The fraction of sp³-hybridized carbons (Fsp3) is 0.562. The Labute approximate surface area is 243 Å². The first-order valence-electron chi connectivity index (χ1n) is 14.3. The summed E-state index contributed by atoms with van der Waals surface area (Å²) < 4.78 is 5.77. The van der Waals surface area contributed by atoms with Crippen LogP contribution in [0.25, 0.3) is 0 Å². The van der Waals surface area contributed by atoms with E-state index in [2.05, 4.69) is 11.4 Å². The Hall–Kier alpha value is -3.62. The molecule has 9 heteroatoms. The molecule has 1 aromatic rings. The quantitative estimate of drug-likeness (QED) is 0.0728. The predicted molar refractivity (Wildman–Crippen MR) is 158 cm³/mol. The zero-order valence-electron chi connectivity index (χ0n) is 25.6.